The van der Waals surface area contributed by atoms with E-state index in [1.165, 1.54) is 6.26 Å². The van der Waals surface area contributed by atoms with Gasteiger partial charge in [-0.15, -0.1) is 0 Å². The first kappa shape index (κ1) is 12.9. The van der Waals surface area contributed by atoms with Gasteiger partial charge in [0.05, 0.1) is 11.3 Å². The standard InChI is InChI=1S/C12H10Cl2N2O2/c1-6-3-9(13)15-11(14)10(6)16-12(17)8-4-7(2)18-5-8/h3-5H,1-2H3,(H,16,17). The van der Waals surface area contributed by atoms with Crippen LogP contribution in [0.5, 0.6) is 0 Å². The predicted molar refractivity (Wildman–Crippen MR) is 70.4 cm³/mol. The average Bonchev–Trinajstić information content (AvgIpc) is 2.70. The van der Waals surface area contributed by atoms with Crippen molar-refractivity contribution in [1.82, 2.24) is 4.98 Å². The summed E-state index contributed by atoms with van der Waals surface area (Å²) >= 11 is 11.7. The molecule has 0 radical (unpaired) electrons. The van der Waals surface area contributed by atoms with Crippen LogP contribution in [0.3, 0.4) is 0 Å². The number of amides is 1. The van der Waals surface area contributed by atoms with Gasteiger partial charge in [-0.25, -0.2) is 4.98 Å². The summed E-state index contributed by atoms with van der Waals surface area (Å²) in [5.74, 6) is 0.359. The van der Waals surface area contributed by atoms with Crippen LogP contribution >= 0.6 is 23.2 Å². The van der Waals surface area contributed by atoms with E-state index in [9.17, 15) is 4.79 Å². The zero-order chi connectivity index (χ0) is 13.3. The SMILES string of the molecule is Cc1cc(C(=O)Nc2c(C)cc(Cl)nc2Cl)co1. The lowest BCUT2D eigenvalue weighted by atomic mass is 10.2. The Hall–Kier alpha value is -1.52. The minimum absolute atomic E-state index is 0.161. The molecule has 0 aliphatic heterocycles. The van der Waals surface area contributed by atoms with E-state index in [1.807, 2.05) is 0 Å². The van der Waals surface area contributed by atoms with Crippen molar-refractivity contribution in [2.75, 3.05) is 5.32 Å². The molecule has 2 rings (SSSR count). The van der Waals surface area contributed by atoms with Crippen LogP contribution in [-0.4, -0.2) is 10.9 Å². The molecule has 2 aromatic heterocycles. The number of halogens is 2. The lowest BCUT2D eigenvalue weighted by Gasteiger charge is -2.09. The maximum Gasteiger partial charge on any atom is 0.259 e. The van der Waals surface area contributed by atoms with Gasteiger partial charge in [0.1, 0.15) is 17.2 Å². The maximum atomic E-state index is 11.9. The zero-order valence-electron chi connectivity index (χ0n) is 9.75. The third-order valence-electron chi connectivity index (χ3n) is 2.37. The zero-order valence-corrected chi connectivity index (χ0v) is 11.3. The molecular weight excluding hydrogens is 275 g/mol. The van der Waals surface area contributed by atoms with Gasteiger partial charge in [0, 0.05) is 0 Å². The monoisotopic (exact) mass is 284 g/mol. The second-order valence-corrected chi connectivity index (χ2v) is 4.57. The largest absolute Gasteiger partial charge is 0.469 e. The summed E-state index contributed by atoms with van der Waals surface area (Å²) in [6.45, 7) is 3.55. The molecule has 0 aliphatic carbocycles. The van der Waals surface area contributed by atoms with Crippen molar-refractivity contribution in [3.63, 3.8) is 0 Å². The Balaban J connectivity index is 2.27. The number of anilines is 1. The Bertz CT molecular complexity index is 585. The second-order valence-electron chi connectivity index (χ2n) is 3.83. The minimum Gasteiger partial charge on any atom is -0.469 e. The number of furan rings is 1. The number of carbonyl (C=O) groups excluding carboxylic acids is 1. The van der Waals surface area contributed by atoms with Crippen LogP contribution in [0.1, 0.15) is 21.7 Å². The quantitative estimate of drug-likeness (QED) is 0.852. The highest BCUT2D eigenvalue weighted by molar-refractivity contribution is 6.35. The first-order valence-electron chi connectivity index (χ1n) is 5.16. The number of aromatic nitrogens is 1. The van der Waals surface area contributed by atoms with Gasteiger partial charge in [0.15, 0.2) is 5.15 Å². The molecule has 18 heavy (non-hydrogen) atoms. The molecule has 0 saturated heterocycles. The Morgan fingerprint density at radius 3 is 2.61 bits per heavy atom. The summed E-state index contributed by atoms with van der Waals surface area (Å²) in [5, 5.41) is 3.13. The molecule has 4 nitrogen and oxygen atoms in total. The Labute approximate surface area is 114 Å². The highest BCUT2D eigenvalue weighted by atomic mass is 35.5. The molecule has 0 aromatic carbocycles. The Morgan fingerprint density at radius 2 is 2.06 bits per heavy atom. The van der Waals surface area contributed by atoms with E-state index < -0.39 is 0 Å². The number of carbonyl (C=O) groups is 1. The van der Waals surface area contributed by atoms with Crippen molar-refractivity contribution in [2.45, 2.75) is 13.8 Å². The third kappa shape index (κ3) is 2.66. The van der Waals surface area contributed by atoms with Crippen LogP contribution in [0.15, 0.2) is 22.8 Å². The van der Waals surface area contributed by atoms with Crippen molar-refractivity contribution >= 4 is 34.8 Å². The Morgan fingerprint density at radius 1 is 1.33 bits per heavy atom. The molecule has 6 heteroatoms. The number of hydrogen-bond donors (Lipinski definition) is 1. The molecule has 0 aliphatic rings. The summed E-state index contributed by atoms with van der Waals surface area (Å²) < 4.78 is 5.07. The lowest BCUT2D eigenvalue weighted by Crippen LogP contribution is -2.12. The van der Waals surface area contributed by atoms with Gasteiger partial charge in [-0.2, -0.15) is 0 Å². The van der Waals surface area contributed by atoms with Gasteiger partial charge in [-0.05, 0) is 31.5 Å². The number of nitrogens with one attached hydrogen (secondary N) is 1. The molecule has 0 spiro atoms. The van der Waals surface area contributed by atoms with Crippen LogP contribution in [0.2, 0.25) is 10.3 Å². The molecule has 0 bridgehead atoms. The van der Waals surface area contributed by atoms with E-state index in [2.05, 4.69) is 10.3 Å². The summed E-state index contributed by atoms with van der Waals surface area (Å²) in [6.07, 6.45) is 1.39. The van der Waals surface area contributed by atoms with Crippen molar-refractivity contribution in [3.05, 3.63) is 45.6 Å². The summed E-state index contributed by atoms with van der Waals surface area (Å²) in [5.41, 5.74) is 1.62. The third-order valence-corrected chi connectivity index (χ3v) is 2.84. The minimum atomic E-state index is -0.305. The van der Waals surface area contributed by atoms with E-state index in [0.29, 0.717) is 17.0 Å². The van der Waals surface area contributed by atoms with E-state index >= 15 is 0 Å². The first-order chi connectivity index (χ1) is 8.47. The molecule has 0 unspecified atom stereocenters. The maximum absolute atomic E-state index is 11.9. The molecule has 94 valence electrons. The smallest absolute Gasteiger partial charge is 0.259 e. The number of hydrogen-bond acceptors (Lipinski definition) is 3. The lowest BCUT2D eigenvalue weighted by molar-refractivity contribution is 0.102. The fourth-order valence-electron chi connectivity index (χ4n) is 1.49. The summed E-state index contributed by atoms with van der Waals surface area (Å²) in [7, 11) is 0. The number of pyridine rings is 1. The highest BCUT2D eigenvalue weighted by Gasteiger charge is 2.14. The highest BCUT2D eigenvalue weighted by Crippen LogP contribution is 2.27. The van der Waals surface area contributed by atoms with E-state index in [1.54, 1.807) is 26.0 Å². The number of nitrogens with zero attached hydrogens (tertiary/aromatic N) is 1. The number of aryl methyl sites for hydroxylation is 2. The van der Waals surface area contributed by atoms with Crippen LogP contribution in [0.25, 0.3) is 0 Å². The van der Waals surface area contributed by atoms with E-state index in [-0.39, 0.29) is 16.2 Å². The fourth-order valence-corrected chi connectivity index (χ4v) is 2.07. The van der Waals surface area contributed by atoms with Gasteiger partial charge in [0.2, 0.25) is 0 Å². The van der Waals surface area contributed by atoms with Gasteiger partial charge < -0.3 is 9.73 Å². The second kappa shape index (κ2) is 5.00. The Kier molecular flexibility index (Phi) is 3.59. The predicted octanol–water partition coefficient (Wildman–Crippen LogP) is 3.85. The van der Waals surface area contributed by atoms with Crippen molar-refractivity contribution < 1.29 is 9.21 Å². The van der Waals surface area contributed by atoms with Crippen LogP contribution in [0, 0.1) is 13.8 Å². The molecule has 0 atom stereocenters. The first-order valence-corrected chi connectivity index (χ1v) is 5.92. The normalized spacial score (nSPS) is 10.4. The molecule has 0 saturated carbocycles. The van der Waals surface area contributed by atoms with Gasteiger partial charge in [-0.1, -0.05) is 23.2 Å². The summed E-state index contributed by atoms with van der Waals surface area (Å²) in [6, 6.07) is 3.27. The molecular formula is C12H10Cl2N2O2. The van der Waals surface area contributed by atoms with Crippen molar-refractivity contribution in [1.29, 1.82) is 0 Å². The van der Waals surface area contributed by atoms with Crippen LogP contribution < -0.4 is 5.32 Å². The number of rotatable bonds is 2. The van der Waals surface area contributed by atoms with Crippen LogP contribution in [0.4, 0.5) is 5.69 Å². The fraction of sp³-hybridized carbons (Fsp3) is 0.167. The molecule has 1 amide bonds. The van der Waals surface area contributed by atoms with Crippen LogP contribution in [-0.2, 0) is 0 Å². The van der Waals surface area contributed by atoms with Crippen molar-refractivity contribution in [3.8, 4) is 0 Å². The van der Waals surface area contributed by atoms with E-state index in [4.69, 9.17) is 27.6 Å². The van der Waals surface area contributed by atoms with Gasteiger partial charge >= 0.3 is 0 Å². The van der Waals surface area contributed by atoms with E-state index in [0.717, 1.165) is 5.56 Å². The average molecular weight is 285 g/mol. The van der Waals surface area contributed by atoms with Gasteiger partial charge in [-0.3, -0.25) is 4.79 Å². The van der Waals surface area contributed by atoms with Crippen molar-refractivity contribution in [2.24, 2.45) is 0 Å². The molecule has 2 aromatic rings. The topological polar surface area (TPSA) is 55.1 Å². The molecule has 0 fully saturated rings. The molecule has 1 N–H and O–H groups in total. The summed E-state index contributed by atoms with van der Waals surface area (Å²) in [4.78, 5) is 15.8. The molecule has 2 heterocycles. The van der Waals surface area contributed by atoms with Gasteiger partial charge in [0.25, 0.3) is 5.91 Å².